The number of nitrogens with one attached hydrogen (secondary N) is 1. The first-order valence-corrected chi connectivity index (χ1v) is 13.3. The topological polar surface area (TPSA) is 75.2 Å². The van der Waals surface area contributed by atoms with Gasteiger partial charge in [0.15, 0.2) is 0 Å². The van der Waals surface area contributed by atoms with Gasteiger partial charge in [-0.2, -0.15) is 13.2 Å². The molecule has 0 aliphatic carbocycles. The summed E-state index contributed by atoms with van der Waals surface area (Å²) in [7, 11) is -4.15. The largest absolute Gasteiger partial charge is 0.433 e. The summed E-state index contributed by atoms with van der Waals surface area (Å²) in [5.41, 5.74) is 1.86. The highest BCUT2D eigenvalue weighted by atomic mass is 32.2. The van der Waals surface area contributed by atoms with Crippen LogP contribution in [0.25, 0.3) is 11.1 Å². The highest BCUT2D eigenvalue weighted by molar-refractivity contribution is 7.92. The lowest BCUT2D eigenvalue weighted by Crippen LogP contribution is -2.31. The Hall–Kier alpha value is -3.92. The number of benzene rings is 2. The van der Waals surface area contributed by atoms with E-state index in [4.69, 9.17) is 0 Å². The highest BCUT2D eigenvalue weighted by Crippen LogP contribution is 2.45. The second kappa shape index (κ2) is 9.13. The number of fused-ring (bicyclic) bond motifs is 2. The van der Waals surface area contributed by atoms with Gasteiger partial charge >= 0.3 is 6.18 Å². The normalized spacial score (nSPS) is 13.8. The molecule has 0 saturated carbocycles. The Balaban J connectivity index is 1.72. The molecule has 5 rings (SSSR count). The fourth-order valence-electron chi connectivity index (χ4n) is 4.37. The minimum atomic E-state index is -4.65. The minimum absolute atomic E-state index is 0.0507. The second-order valence-corrected chi connectivity index (χ2v) is 11.9. The van der Waals surface area contributed by atoms with Crippen molar-refractivity contribution in [3.8, 4) is 11.1 Å². The summed E-state index contributed by atoms with van der Waals surface area (Å²) in [5, 5.41) is 2.97. The summed E-state index contributed by atoms with van der Waals surface area (Å²) in [6, 6.07) is 17.4. The van der Waals surface area contributed by atoms with E-state index in [-0.39, 0.29) is 22.7 Å². The predicted octanol–water partition coefficient (Wildman–Crippen LogP) is 6.91. The van der Waals surface area contributed by atoms with Crippen LogP contribution in [0.4, 0.5) is 30.4 Å². The van der Waals surface area contributed by atoms with E-state index in [2.05, 4.69) is 15.3 Å². The molecule has 0 bridgehead atoms. The van der Waals surface area contributed by atoms with Gasteiger partial charge in [-0.1, -0.05) is 57.2 Å². The van der Waals surface area contributed by atoms with Crippen molar-refractivity contribution in [1.82, 2.24) is 9.97 Å². The Labute approximate surface area is 219 Å². The first-order valence-electron chi connectivity index (χ1n) is 11.9. The smallest absolute Gasteiger partial charge is 0.338 e. The summed E-state index contributed by atoms with van der Waals surface area (Å²) < 4.78 is 69.9. The molecule has 4 aromatic rings. The van der Waals surface area contributed by atoms with Crippen molar-refractivity contribution in [1.29, 1.82) is 0 Å². The number of rotatable bonds is 3. The number of sulfonamides is 1. The third-order valence-electron chi connectivity index (χ3n) is 6.40. The molecule has 2 aromatic carbocycles. The molecular formula is C28H25F3N4O2S. The molecule has 2 aromatic heterocycles. The average molecular weight is 539 g/mol. The van der Waals surface area contributed by atoms with Crippen LogP contribution in [0.5, 0.6) is 0 Å². The molecule has 0 amide bonds. The van der Waals surface area contributed by atoms with Gasteiger partial charge in [0.25, 0.3) is 10.0 Å². The van der Waals surface area contributed by atoms with Gasteiger partial charge in [0.2, 0.25) is 0 Å². The van der Waals surface area contributed by atoms with Gasteiger partial charge < -0.3 is 5.32 Å². The van der Waals surface area contributed by atoms with Crippen molar-refractivity contribution in [3.05, 3.63) is 95.9 Å². The van der Waals surface area contributed by atoms with E-state index in [0.29, 0.717) is 28.1 Å². The van der Waals surface area contributed by atoms with Crippen molar-refractivity contribution >= 4 is 27.2 Å². The second-order valence-electron chi connectivity index (χ2n) is 10.1. The summed E-state index contributed by atoms with van der Waals surface area (Å²) in [6.45, 7) is 5.88. The van der Waals surface area contributed by atoms with Gasteiger partial charge in [-0.15, -0.1) is 0 Å². The van der Waals surface area contributed by atoms with E-state index in [1.165, 1.54) is 10.4 Å². The molecule has 3 heterocycles. The Morgan fingerprint density at radius 3 is 2.29 bits per heavy atom. The van der Waals surface area contributed by atoms with Crippen LogP contribution in [0, 0.1) is 0 Å². The third kappa shape index (κ3) is 4.71. The molecule has 196 valence electrons. The SMILES string of the molecule is CC(C)(C)c1ccc(S(=O)(=O)N2Cc3ccc(C(F)(F)F)nc3Nc3cccc(-c4cccnc4)c32)cc1. The van der Waals surface area contributed by atoms with Crippen LogP contribution in [-0.4, -0.2) is 18.4 Å². The van der Waals surface area contributed by atoms with E-state index in [0.717, 1.165) is 11.6 Å². The monoisotopic (exact) mass is 538 g/mol. The molecule has 0 spiro atoms. The number of nitrogens with zero attached hydrogens (tertiary/aromatic N) is 3. The van der Waals surface area contributed by atoms with E-state index in [1.54, 1.807) is 67.0 Å². The molecule has 1 aliphatic rings. The summed E-state index contributed by atoms with van der Waals surface area (Å²) in [6.07, 6.45) is -1.44. The third-order valence-corrected chi connectivity index (χ3v) is 8.16. The standard InChI is InChI=1S/C28H25F3N4O2S/c1-27(2,3)20-10-12-21(13-11-20)38(36,37)35-17-19-9-14-24(28(29,30)31)34-26(19)33-23-8-4-7-22(25(23)35)18-6-5-15-32-16-18/h4-16H,17H2,1-3H3,(H,33,34). The Bertz CT molecular complexity index is 1600. The number of alkyl halides is 3. The number of halogens is 3. The summed E-state index contributed by atoms with van der Waals surface area (Å²) in [4.78, 5) is 8.04. The zero-order chi connectivity index (χ0) is 27.3. The maximum atomic E-state index is 14.2. The molecule has 1 aliphatic heterocycles. The van der Waals surface area contributed by atoms with Gasteiger partial charge in [0.1, 0.15) is 11.5 Å². The molecule has 1 N–H and O–H groups in total. The quantitative estimate of drug-likeness (QED) is 0.307. The fraction of sp³-hybridized carbons (Fsp3) is 0.214. The van der Waals surface area contributed by atoms with Crippen LogP contribution in [0.2, 0.25) is 0 Å². The number of hydrogen-bond acceptors (Lipinski definition) is 5. The fourth-order valence-corrected chi connectivity index (χ4v) is 5.85. The van der Waals surface area contributed by atoms with Gasteiger partial charge in [-0.05, 0) is 41.3 Å². The zero-order valence-corrected chi connectivity index (χ0v) is 21.7. The van der Waals surface area contributed by atoms with Crippen LogP contribution in [0.1, 0.15) is 37.6 Å². The molecule has 0 saturated heterocycles. The molecule has 0 unspecified atom stereocenters. The number of pyridine rings is 2. The van der Waals surface area contributed by atoms with Gasteiger partial charge in [-0.25, -0.2) is 13.4 Å². The van der Waals surface area contributed by atoms with Crippen molar-refractivity contribution in [2.75, 3.05) is 9.62 Å². The van der Waals surface area contributed by atoms with E-state index < -0.39 is 21.9 Å². The first kappa shape index (κ1) is 25.7. The van der Waals surface area contributed by atoms with Crippen LogP contribution >= 0.6 is 0 Å². The van der Waals surface area contributed by atoms with Crippen molar-refractivity contribution in [3.63, 3.8) is 0 Å². The Morgan fingerprint density at radius 1 is 0.921 bits per heavy atom. The minimum Gasteiger partial charge on any atom is -0.338 e. The molecule has 0 radical (unpaired) electrons. The van der Waals surface area contributed by atoms with E-state index in [9.17, 15) is 21.6 Å². The van der Waals surface area contributed by atoms with E-state index in [1.807, 2.05) is 20.8 Å². The number of anilines is 3. The summed E-state index contributed by atoms with van der Waals surface area (Å²) >= 11 is 0. The van der Waals surface area contributed by atoms with Crippen molar-refractivity contribution in [2.45, 2.75) is 43.8 Å². The zero-order valence-electron chi connectivity index (χ0n) is 20.9. The van der Waals surface area contributed by atoms with Gasteiger partial charge in [0, 0.05) is 29.1 Å². The molecule has 6 nitrogen and oxygen atoms in total. The van der Waals surface area contributed by atoms with Crippen LogP contribution < -0.4 is 9.62 Å². The molecule has 38 heavy (non-hydrogen) atoms. The molecule has 0 fully saturated rings. The van der Waals surface area contributed by atoms with E-state index >= 15 is 0 Å². The lowest BCUT2D eigenvalue weighted by Gasteiger charge is -2.27. The van der Waals surface area contributed by atoms with Crippen LogP contribution in [0.3, 0.4) is 0 Å². The lowest BCUT2D eigenvalue weighted by atomic mass is 9.87. The maximum absolute atomic E-state index is 14.2. The lowest BCUT2D eigenvalue weighted by molar-refractivity contribution is -0.141. The summed E-state index contributed by atoms with van der Waals surface area (Å²) in [5.74, 6) is -0.0507. The average Bonchev–Trinajstić information content (AvgIpc) is 3.05. The van der Waals surface area contributed by atoms with Gasteiger partial charge in [-0.3, -0.25) is 9.29 Å². The number of hydrogen-bond donors (Lipinski definition) is 1. The van der Waals surface area contributed by atoms with Crippen molar-refractivity contribution < 1.29 is 21.6 Å². The number of aromatic nitrogens is 2. The van der Waals surface area contributed by atoms with Crippen LogP contribution in [0.15, 0.2) is 84.0 Å². The molecule has 0 atom stereocenters. The Morgan fingerprint density at radius 2 is 1.66 bits per heavy atom. The Kier molecular flexibility index (Phi) is 6.18. The molecule has 10 heteroatoms. The predicted molar refractivity (Wildman–Crippen MR) is 141 cm³/mol. The van der Waals surface area contributed by atoms with Crippen molar-refractivity contribution in [2.24, 2.45) is 0 Å². The number of para-hydroxylation sites is 1. The van der Waals surface area contributed by atoms with Crippen LogP contribution in [-0.2, 0) is 28.2 Å². The van der Waals surface area contributed by atoms with Gasteiger partial charge in [0.05, 0.1) is 22.8 Å². The first-order chi connectivity index (χ1) is 17.9. The highest BCUT2D eigenvalue weighted by Gasteiger charge is 2.36. The molecular weight excluding hydrogens is 513 g/mol. The maximum Gasteiger partial charge on any atom is 0.433 e.